The summed E-state index contributed by atoms with van der Waals surface area (Å²) in [5.74, 6) is 0.733. The summed E-state index contributed by atoms with van der Waals surface area (Å²) in [6.45, 7) is 4.56. The van der Waals surface area contributed by atoms with Crippen molar-refractivity contribution in [2.75, 3.05) is 19.0 Å². The molecule has 1 aromatic carbocycles. The Bertz CT molecular complexity index is 598. The summed E-state index contributed by atoms with van der Waals surface area (Å²) in [5, 5.41) is 4.50. The number of anilines is 1. The Kier molecular flexibility index (Phi) is 4.91. The third-order valence-electron chi connectivity index (χ3n) is 2.79. The zero-order valence-corrected chi connectivity index (χ0v) is 13.2. The Morgan fingerprint density at radius 1 is 1.40 bits per heavy atom. The number of nitrogens with zero attached hydrogens (tertiary/aromatic N) is 2. The molecule has 108 valence electrons. The van der Waals surface area contributed by atoms with Crippen LogP contribution in [0.5, 0.6) is 0 Å². The van der Waals surface area contributed by atoms with Crippen molar-refractivity contribution >= 4 is 29.2 Å². The lowest BCUT2D eigenvalue weighted by atomic mass is 10.3. The smallest absolute Gasteiger partial charge is 0.208 e. The standard InChI is InChI=1S/C14H17Cl2N3O/c1-9-7-19(13-5-4-11(15)6-12(13)16)14(17-9)18-10(2)8-20-3/h4-7,10H,8H2,1-3H3,(H,17,18). The number of nitrogens with one attached hydrogen (secondary N) is 1. The first-order chi connectivity index (χ1) is 9.51. The highest BCUT2D eigenvalue weighted by Gasteiger charge is 2.13. The molecule has 1 N–H and O–H groups in total. The zero-order valence-electron chi connectivity index (χ0n) is 11.7. The molecule has 0 radical (unpaired) electrons. The van der Waals surface area contributed by atoms with Gasteiger partial charge < -0.3 is 10.1 Å². The third-order valence-corrected chi connectivity index (χ3v) is 3.33. The van der Waals surface area contributed by atoms with Gasteiger partial charge in [0, 0.05) is 24.4 Å². The van der Waals surface area contributed by atoms with Crippen LogP contribution in [0, 0.1) is 6.92 Å². The number of hydrogen-bond donors (Lipinski definition) is 1. The van der Waals surface area contributed by atoms with E-state index in [1.54, 1.807) is 19.2 Å². The predicted octanol–water partition coefficient (Wildman–Crippen LogP) is 3.93. The van der Waals surface area contributed by atoms with Crippen LogP contribution in [0.3, 0.4) is 0 Å². The van der Waals surface area contributed by atoms with Crippen LogP contribution in [0.2, 0.25) is 10.0 Å². The van der Waals surface area contributed by atoms with Gasteiger partial charge in [-0.1, -0.05) is 23.2 Å². The minimum absolute atomic E-state index is 0.145. The molecular formula is C14H17Cl2N3O. The first-order valence-electron chi connectivity index (χ1n) is 6.28. The van der Waals surface area contributed by atoms with Gasteiger partial charge in [0.2, 0.25) is 5.95 Å². The zero-order chi connectivity index (χ0) is 14.7. The molecule has 20 heavy (non-hydrogen) atoms. The van der Waals surface area contributed by atoms with Crippen LogP contribution >= 0.6 is 23.2 Å². The van der Waals surface area contributed by atoms with Gasteiger partial charge in [-0.25, -0.2) is 4.98 Å². The van der Waals surface area contributed by atoms with Gasteiger partial charge in [-0.2, -0.15) is 0 Å². The van der Waals surface area contributed by atoms with E-state index in [0.29, 0.717) is 16.7 Å². The number of hydrogen-bond acceptors (Lipinski definition) is 3. The molecule has 0 bridgehead atoms. The highest BCUT2D eigenvalue weighted by molar-refractivity contribution is 6.35. The number of rotatable bonds is 5. The van der Waals surface area contributed by atoms with Crippen molar-refractivity contribution in [3.05, 3.63) is 40.1 Å². The molecule has 6 heteroatoms. The maximum Gasteiger partial charge on any atom is 0.208 e. The fourth-order valence-corrected chi connectivity index (χ4v) is 2.47. The predicted molar refractivity (Wildman–Crippen MR) is 83.3 cm³/mol. The Balaban J connectivity index is 2.36. The number of methoxy groups -OCH3 is 1. The molecule has 0 aliphatic rings. The number of ether oxygens (including phenoxy) is 1. The van der Waals surface area contributed by atoms with Crippen LogP contribution in [-0.2, 0) is 4.74 Å². The van der Waals surface area contributed by atoms with E-state index in [4.69, 9.17) is 27.9 Å². The Morgan fingerprint density at radius 2 is 2.15 bits per heavy atom. The average molecular weight is 314 g/mol. The molecule has 0 aliphatic heterocycles. The van der Waals surface area contributed by atoms with Crippen molar-refractivity contribution < 1.29 is 4.74 Å². The topological polar surface area (TPSA) is 39.1 Å². The summed E-state index contributed by atoms with van der Waals surface area (Å²) in [6, 6.07) is 5.54. The van der Waals surface area contributed by atoms with E-state index in [9.17, 15) is 0 Å². The molecule has 0 saturated carbocycles. The molecule has 0 spiro atoms. The van der Waals surface area contributed by atoms with Crippen molar-refractivity contribution in [1.82, 2.24) is 9.55 Å². The molecule has 1 aromatic heterocycles. The summed E-state index contributed by atoms with van der Waals surface area (Å²) >= 11 is 12.2. The van der Waals surface area contributed by atoms with Gasteiger partial charge in [0.15, 0.2) is 0 Å². The lowest BCUT2D eigenvalue weighted by Crippen LogP contribution is -2.22. The van der Waals surface area contributed by atoms with Gasteiger partial charge in [0.25, 0.3) is 0 Å². The highest BCUT2D eigenvalue weighted by Crippen LogP contribution is 2.27. The lowest BCUT2D eigenvalue weighted by molar-refractivity contribution is 0.190. The largest absolute Gasteiger partial charge is 0.383 e. The molecule has 1 atom stereocenters. The number of aromatic nitrogens is 2. The molecule has 1 heterocycles. The number of benzene rings is 1. The van der Waals surface area contributed by atoms with Crippen molar-refractivity contribution in [2.24, 2.45) is 0 Å². The van der Waals surface area contributed by atoms with E-state index in [-0.39, 0.29) is 6.04 Å². The molecular weight excluding hydrogens is 297 g/mol. The molecule has 4 nitrogen and oxygen atoms in total. The van der Waals surface area contributed by atoms with Crippen LogP contribution in [0.1, 0.15) is 12.6 Å². The molecule has 2 aromatic rings. The molecule has 0 amide bonds. The lowest BCUT2D eigenvalue weighted by Gasteiger charge is -2.16. The maximum absolute atomic E-state index is 6.26. The van der Waals surface area contributed by atoms with Crippen molar-refractivity contribution in [3.63, 3.8) is 0 Å². The fraction of sp³-hybridized carbons (Fsp3) is 0.357. The maximum atomic E-state index is 6.26. The van der Waals surface area contributed by atoms with Gasteiger partial charge in [-0.3, -0.25) is 4.57 Å². The quantitative estimate of drug-likeness (QED) is 0.909. The summed E-state index contributed by atoms with van der Waals surface area (Å²) < 4.78 is 7.04. The third kappa shape index (κ3) is 3.45. The average Bonchev–Trinajstić information content (AvgIpc) is 2.70. The second-order valence-corrected chi connectivity index (χ2v) is 5.52. The van der Waals surface area contributed by atoms with Crippen LogP contribution in [0.25, 0.3) is 5.69 Å². The first-order valence-corrected chi connectivity index (χ1v) is 7.03. The first kappa shape index (κ1) is 15.2. The molecule has 0 saturated heterocycles. The van der Waals surface area contributed by atoms with Crippen LogP contribution in [-0.4, -0.2) is 29.3 Å². The van der Waals surface area contributed by atoms with E-state index in [2.05, 4.69) is 10.3 Å². The summed E-state index contributed by atoms with van der Waals surface area (Å²) in [7, 11) is 1.67. The fourth-order valence-electron chi connectivity index (χ4n) is 1.97. The van der Waals surface area contributed by atoms with E-state index in [0.717, 1.165) is 17.3 Å². The van der Waals surface area contributed by atoms with Crippen molar-refractivity contribution in [3.8, 4) is 5.69 Å². The van der Waals surface area contributed by atoms with Gasteiger partial charge in [-0.05, 0) is 32.0 Å². The monoisotopic (exact) mass is 313 g/mol. The van der Waals surface area contributed by atoms with Crippen LogP contribution in [0.15, 0.2) is 24.4 Å². The van der Waals surface area contributed by atoms with Gasteiger partial charge in [-0.15, -0.1) is 0 Å². The van der Waals surface area contributed by atoms with E-state index >= 15 is 0 Å². The van der Waals surface area contributed by atoms with Crippen molar-refractivity contribution in [2.45, 2.75) is 19.9 Å². The van der Waals surface area contributed by atoms with Crippen LogP contribution in [0.4, 0.5) is 5.95 Å². The van der Waals surface area contributed by atoms with E-state index in [1.165, 1.54) is 0 Å². The van der Waals surface area contributed by atoms with Gasteiger partial charge in [0.1, 0.15) is 0 Å². The van der Waals surface area contributed by atoms with Gasteiger partial charge >= 0.3 is 0 Å². The SMILES string of the molecule is COCC(C)Nc1nc(C)cn1-c1ccc(Cl)cc1Cl. The molecule has 0 fully saturated rings. The van der Waals surface area contributed by atoms with Gasteiger partial charge in [0.05, 0.1) is 23.0 Å². The van der Waals surface area contributed by atoms with E-state index < -0.39 is 0 Å². The second kappa shape index (κ2) is 6.48. The second-order valence-electron chi connectivity index (χ2n) is 4.67. The molecule has 2 rings (SSSR count). The van der Waals surface area contributed by atoms with Crippen LogP contribution < -0.4 is 5.32 Å². The summed E-state index contributed by atoms with van der Waals surface area (Å²) in [5.41, 5.74) is 1.74. The number of halogens is 2. The Labute approximate surface area is 128 Å². The number of imidazole rings is 1. The molecule has 1 unspecified atom stereocenters. The summed E-state index contributed by atoms with van der Waals surface area (Å²) in [6.07, 6.45) is 1.93. The van der Waals surface area contributed by atoms with Crippen molar-refractivity contribution in [1.29, 1.82) is 0 Å². The Morgan fingerprint density at radius 3 is 2.80 bits per heavy atom. The Hall–Kier alpha value is -1.23. The number of aryl methyl sites for hydroxylation is 1. The highest BCUT2D eigenvalue weighted by atomic mass is 35.5. The molecule has 0 aliphatic carbocycles. The normalized spacial score (nSPS) is 12.4. The minimum Gasteiger partial charge on any atom is -0.383 e. The summed E-state index contributed by atoms with van der Waals surface area (Å²) in [4.78, 5) is 4.48. The van der Waals surface area contributed by atoms with E-state index in [1.807, 2.05) is 30.7 Å². The minimum atomic E-state index is 0.145.